The number of para-hydroxylation sites is 1. The van der Waals surface area contributed by atoms with Crippen LogP contribution in [0.2, 0.25) is 0 Å². The molecule has 98 valence electrons. The molecule has 0 bridgehead atoms. The van der Waals surface area contributed by atoms with E-state index >= 15 is 0 Å². The van der Waals surface area contributed by atoms with Gasteiger partial charge in [0.15, 0.2) is 0 Å². The van der Waals surface area contributed by atoms with Gasteiger partial charge in [0.1, 0.15) is 5.75 Å². The maximum absolute atomic E-state index is 6.83. The highest BCUT2D eigenvalue weighted by molar-refractivity contribution is 5.41. The molecule has 1 saturated carbocycles. The first kappa shape index (κ1) is 12.0. The Morgan fingerprint density at radius 3 is 2.56 bits per heavy atom. The molecule has 2 N–H and O–H groups in total. The first-order chi connectivity index (χ1) is 8.81. The molecule has 1 aromatic carbocycles. The third-order valence-electron chi connectivity index (χ3n) is 4.75. The highest BCUT2D eigenvalue weighted by atomic mass is 16.5. The zero-order valence-corrected chi connectivity index (χ0v) is 11.0. The summed E-state index contributed by atoms with van der Waals surface area (Å²) in [6, 6.07) is 8.36. The maximum Gasteiger partial charge on any atom is 0.124 e. The second kappa shape index (κ2) is 4.93. The molecule has 2 heteroatoms. The summed E-state index contributed by atoms with van der Waals surface area (Å²) in [7, 11) is 0. The molecule has 0 spiro atoms. The Morgan fingerprint density at radius 1 is 1.06 bits per heavy atom. The van der Waals surface area contributed by atoms with Gasteiger partial charge in [-0.1, -0.05) is 43.9 Å². The molecule has 18 heavy (non-hydrogen) atoms. The molecular formula is C16H23NO. The molecule has 1 unspecified atom stereocenters. The van der Waals surface area contributed by atoms with Crippen LogP contribution in [0.25, 0.3) is 0 Å². The van der Waals surface area contributed by atoms with Crippen molar-refractivity contribution in [3.63, 3.8) is 0 Å². The Bertz CT molecular complexity index is 409. The average molecular weight is 245 g/mol. The number of ether oxygens (including phenoxy) is 1. The van der Waals surface area contributed by atoms with Gasteiger partial charge in [-0.25, -0.2) is 0 Å². The lowest BCUT2D eigenvalue weighted by Gasteiger charge is -2.41. The van der Waals surface area contributed by atoms with E-state index < -0.39 is 0 Å². The lowest BCUT2D eigenvalue weighted by atomic mass is 9.72. The van der Waals surface area contributed by atoms with Crippen molar-refractivity contribution in [1.29, 1.82) is 0 Å². The van der Waals surface area contributed by atoms with E-state index in [1.165, 1.54) is 44.1 Å². The summed E-state index contributed by atoms with van der Waals surface area (Å²) in [6.07, 6.45) is 8.97. The number of benzene rings is 1. The summed E-state index contributed by atoms with van der Waals surface area (Å²) < 4.78 is 5.76. The Balaban J connectivity index is 1.94. The monoisotopic (exact) mass is 245 g/mol. The molecule has 0 radical (unpaired) electrons. The second-order valence-electron chi connectivity index (χ2n) is 5.82. The first-order valence-corrected chi connectivity index (χ1v) is 7.32. The van der Waals surface area contributed by atoms with Gasteiger partial charge in [-0.05, 0) is 24.8 Å². The van der Waals surface area contributed by atoms with Crippen LogP contribution in [-0.4, -0.2) is 6.61 Å². The first-order valence-electron chi connectivity index (χ1n) is 7.32. The summed E-state index contributed by atoms with van der Waals surface area (Å²) in [6.45, 7) is 0.768. The summed E-state index contributed by atoms with van der Waals surface area (Å²) in [5.74, 6) is 1.64. The molecule has 1 aromatic rings. The predicted molar refractivity (Wildman–Crippen MR) is 73.6 cm³/mol. The van der Waals surface area contributed by atoms with E-state index in [1.54, 1.807) is 0 Å². The Hall–Kier alpha value is -1.02. The molecule has 2 nitrogen and oxygen atoms in total. The molecule has 0 saturated heterocycles. The predicted octanol–water partition coefficient (Wildman–Crippen LogP) is 3.59. The summed E-state index contributed by atoms with van der Waals surface area (Å²) >= 11 is 0. The van der Waals surface area contributed by atoms with Gasteiger partial charge < -0.3 is 10.5 Å². The quantitative estimate of drug-likeness (QED) is 0.767. The van der Waals surface area contributed by atoms with Crippen molar-refractivity contribution in [2.75, 3.05) is 6.61 Å². The number of nitrogens with two attached hydrogens (primary N) is 1. The summed E-state index contributed by atoms with van der Waals surface area (Å²) in [4.78, 5) is 0. The van der Waals surface area contributed by atoms with Gasteiger partial charge in [-0.15, -0.1) is 0 Å². The fourth-order valence-corrected chi connectivity index (χ4v) is 3.66. The lowest BCUT2D eigenvalue weighted by molar-refractivity contribution is 0.150. The van der Waals surface area contributed by atoms with Crippen LogP contribution in [0.5, 0.6) is 5.75 Å². The van der Waals surface area contributed by atoms with Gasteiger partial charge in [0, 0.05) is 12.0 Å². The summed E-state index contributed by atoms with van der Waals surface area (Å²) in [5.41, 5.74) is 7.92. The minimum Gasteiger partial charge on any atom is -0.493 e. The normalized spacial score (nSPS) is 29.2. The van der Waals surface area contributed by atoms with Crippen LogP contribution in [0.4, 0.5) is 0 Å². The van der Waals surface area contributed by atoms with Crippen LogP contribution in [0.1, 0.15) is 50.5 Å². The topological polar surface area (TPSA) is 35.2 Å². The molecule has 1 heterocycles. The Labute approximate surface area is 110 Å². The van der Waals surface area contributed by atoms with Crippen molar-refractivity contribution >= 4 is 0 Å². The van der Waals surface area contributed by atoms with Crippen molar-refractivity contribution in [2.45, 2.75) is 50.5 Å². The van der Waals surface area contributed by atoms with Crippen LogP contribution in [0, 0.1) is 5.92 Å². The van der Waals surface area contributed by atoms with Crippen molar-refractivity contribution in [1.82, 2.24) is 0 Å². The Kier molecular flexibility index (Phi) is 3.29. The summed E-state index contributed by atoms with van der Waals surface area (Å²) in [5, 5.41) is 0. The molecule has 3 rings (SSSR count). The van der Waals surface area contributed by atoms with Gasteiger partial charge in [0.2, 0.25) is 0 Å². The van der Waals surface area contributed by atoms with E-state index in [0.717, 1.165) is 18.8 Å². The fourth-order valence-electron chi connectivity index (χ4n) is 3.66. The molecule has 1 fully saturated rings. The molecule has 1 atom stereocenters. The highest BCUT2D eigenvalue weighted by Crippen LogP contribution is 2.44. The minimum atomic E-state index is -0.154. The van der Waals surface area contributed by atoms with Crippen LogP contribution in [-0.2, 0) is 5.54 Å². The number of fused-ring (bicyclic) bond motifs is 1. The molecule has 0 aromatic heterocycles. The molecule has 1 aliphatic carbocycles. The molecular weight excluding hydrogens is 222 g/mol. The van der Waals surface area contributed by atoms with Crippen LogP contribution < -0.4 is 10.5 Å². The standard InChI is InChI=1S/C16H23NO/c17-16(13-7-3-1-2-4-8-13)11-12-18-15-10-6-5-9-14(15)16/h5-6,9-10,13H,1-4,7-8,11-12,17H2. The third kappa shape index (κ3) is 2.03. The van der Waals surface area contributed by atoms with E-state index in [0.29, 0.717) is 5.92 Å². The average Bonchev–Trinajstić information content (AvgIpc) is 2.69. The van der Waals surface area contributed by atoms with Crippen molar-refractivity contribution in [3.05, 3.63) is 29.8 Å². The second-order valence-corrected chi connectivity index (χ2v) is 5.82. The molecule has 2 aliphatic rings. The van der Waals surface area contributed by atoms with Gasteiger partial charge >= 0.3 is 0 Å². The SMILES string of the molecule is NC1(C2CCCCCC2)CCOc2ccccc21. The maximum atomic E-state index is 6.83. The molecule has 1 aliphatic heterocycles. The Morgan fingerprint density at radius 2 is 1.78 bits per heavy atom. The fraction of sp³-hybridized carbons (Fsp3) is 0.625. The highest BCUT2D eigenvalue weighted by Gasteiger charge is 2.40. The number of hydrogen-bond acceptors (Lipinski definition) is 2. The van der Waals surface area contributed by atoms with E-state index in [1.807, 2.05) is 6.07 Å². The van der Waals surface area contributed by atoms with Gasteiger partial charge in [-0.3, -0.25) is 0 Å². The zero-order chi connectivity index (χ0) is 12.4. The van der Waals surface area contributed by atoms with Crippen molar-refractivity contribution in [3.8, 4) is 5.75 Å². The number of hydrogen-bond donors (Lipinski definition) is 1. The zero-order valence-electron chi connectivity index (χ0n) is 11.0. The van der Waals surface area contributed by atoms with Gasteiger partial charge in [-0.2, -0.15) is 0 Å². The van der Waals surface area contributed by atoms with E-state index in [2.05, 4.69) is 18.2 Å². The van der Waals surface area contributed by atoms with Crippen LogP contribution in [0.15, 0.2) is 24.3 Å². The third-order valence-corrected chi connectivity index (χ3v) is 4.75. The van der Waals surface area contributed by atoms with Crippen molar-refractivity contribution in [2.24, 2.45) is 11.7 Å². The number of rotatable bonds is 1. The van der Waals surface area contributed by atoms with Crippen molar-refractivity contribution < 1.29 is 4.74 Å². The van der Waals surface area contributed by atoms with E-state index in [9.17, 15) is 0 Å². The van der Waals surface area contributed by atoms with Crippen LogP contribution in [0.3, 0.4) is 0 Å². The van der Waals surface area contributed by atoms with Gasteiger partial charge in [0.25, 0.3) is 0 Å². The van der Waals surface area contributed by atoms with Crippen LogP contribution >= 0.6 is 0 Å². The van der Waals surface area contributed by atoms with E-state index in [4.69, 9.17) is 10.5 Å². The minimum absolute atomic E-state index is 0.154. The lowest BCUT2D eigenvalue weighted by Crippen LogP contribution is -2.47. The van der Waals surface area contributed by atoms with Gasteiger partial charge in [0.05, 0.1) is 12.1 Å². The smallest absolute Gasteiger partial charge is 0.124 e. The molecule has 0 amide bonds. The van der Waals surface area contributed by atoms with E-state index in [-0.39, 0.29) is 5.54 Å². The largest absolute Gasteiger partial charge is 0.493 e.